The fraction of sp³-hybridized carbons (Fsp3) is 0.379. The molecular weight excluding hydrogens is 537 g/mol. The van der Waals surface area contributed by atoms with Crippen molar-refractivity contribution in [1.82, 2.24) is 20.6 Å². The molecule has 3 aromatic rings. The van der Waals surface area contributed by atoms with Crippen LogP contribution in [-0.4, -0.2) is 47.3 Å². The monoisotopic (exact) mass is 569 g/mol. The second-order valence-corrected chi connectivity index (χ2v) is 11.0. The molecule has 1 aliphatic rings. The first kappa shape index (κ1) is 29.2. The van der Waals surface area contributed by atoms with Crippen LogP contribution in [0.3, 0.4) is 0 Å². The predicted molar refractivity (Wildman–Crippen MR) is 151 cm³/mol. The third kappa shape index (κ3) is 7.67. The average molecular weight is 570 g/mol. The molecular formula is C29H33ClFN5O4. The van der Waals surface area contributed by atoms with Crippen LogP contribution in [0.25, 0.3) is 11.3 Å². The van der Waals surface area contributed by atoms with Gasteiger partial charge in [-0.3, -0.25) is 4.79 Å². The number of amides is 2. The Morgan fingerprint density at radius 2 is 1.95 bits per heavy atom. The SMILES string of the molecule is CC(C)(C)OC(=O)NC[C@@H](NC(=O)c1ccc(-c2nc(C3CCOCC3)cnc2N)cc1F)c1cccc(Cl)c1. The summed E-state index contributed by atoms with van der Waals surface area (Å²) in [4.78, 5) is 34.4. The van der Waals surface area contributed by atoms with Gasteiger partial charge in [0.15, 0.2) is 0 Å². The van der Waals surface area contributed by atoms with Gasteiger partial charge in [0.25, 0.3) is 5.91 Å². The van der Waals surface area contributed by atoms with Gasteiger partial charge in [0, 0.05) is 36.3 Å². The van der Waals surface area contributed by atoms with Crippen LogP contribution in [0, 0.1) is 5.82 Å². The first-order valence-electron chi connectivity index (χ1n) is 13.0. The number of halogens is 2. The minimum atomic E-state index is -0.752. The Hall–Kier alpha value is -3.76. The molecule has 2 heterocycles. The molecule has 2 aromatic carbocycles. The standard InChI is InChI=1S/C29H33ClFN5O4/c1-29(2,3)40-28(38)34-16-24(18-5-4-6-20(30)13-18)36-27(37)21-8-7-19(14-22(21)31)25-26(32)33-15-23(35-25)17-9-11-39-12-10-17/h4-8,13-15,17,24H,9-12,16H2,1-3H3,(H2,32,33)(H,34,38)(H,36,37)/t24-/m1/s1. The molecule has 2 amide bonds. The van der Waals surface area contributed by atoms with Crippen molar-refractivity contribution in [2.45, 2.75) is 51.2 Å². The number of ether oxygens (including phenoxy) is 2. The Bertz CT molecular complexity index is 1370. The van der Waals surface area contributed by atoms with E-state index < -0.39 is 29.5 Å². The van der Waals surface area contributed by atoms with E-state index in [0.717, 1.165) is 18.5 Å². The average Bonchev–Trinajstić information content (AvgIpc) is 2.90. The van der Waals surface area contributed by atoms with Gasteiger partial charge in [0.2, 0.25) is 0 Å². The molecule has 0 saturated carbocycles. The molecule has 1 saturated heterocycles. The largest absolute Gasteiger partial charge is 0.444 e. The number of nitrogens with two attached hydrogens (primary N) is 1. The molecule has 4 N–H and O–H groups in total. The maximum atomic E-state index is 15.3. The Kier molecular flexibility index (Phi) is 9.21. The van der Waals surface area contributed by atoms with Crippen molar-refractivity contribution in [2.24, 2.45) is 0 Å². The lowest BCUT2D eigenvalue weighted by Gasteiger charge is -2.23. The minimum absolute atomic E-state index is 0.00812. The Morgan fingerprint density at radius 1 is 1.20 bits per heavy atom. The van der Waals surface area contributed by atoms with Crippen LogP contribution in [0.1, 0.15) is 67.2 Å². The zero-order valence-corrected chi connectivity index (χ0v) is 23.4. The Morgan fingerprint density at radius 3 is 2.62 bits per heavy atom. The van der Waals surface area contributed by atoms with Crippen LogP contribution in [-0.2, 0) is 9.47 Å². The molecule has 0 bridgehead atoms. The van der Waals surface area contributed by atoms with Crippen molar-refractivity contribution in [3.8, 4) is 11.3 Å². The summed E-state index contributed by atoms with van der Waals surface area (Å²) in [5.41, 5.74) is 7.37. The van der Waals surface area contributed by atoms with E-state index in [1.165, 1.54) is 12.1 Å². The third-order valence-corrected chi connectivity index (χ3v) is 6.59. The summed E-state index contributed by atoms with van der Waals surface area (Å²) in [5.74, 6) is -1.07. The molecule has 1 atom stereocenters. The highest BCUT2D eigenvalue weighted by molar-refractivity contribution is 6.30. The van der Waals surface area contributed by atoms with Crippen molar-refractivity contribution in [2.75, 3.05) is 25.5 Å². The van der Waals surface area contributed by atoms with E-state index in [2.05, 4.69) is 20.6 Å². The van der Waals surface area contributed by atoms with Gasteiger partial charge in [0.05, 0.1) is 23.5 Å². The van der Waals surface area contributed by atoms with Crippen molar-refractivity contribution in [3.63, 3.8) is 0 Å². The number of hydrogen-bond donors (Lipinski definition) is 3. The number of carbonyl (C=O) groups excluding carboxylic acids is 2. The van der Waals surface area contributed by atoms with Gasteiger partial charge < -0.3 is 25.8 Å². The van der Waals surface area contributed by atoms with Gasteiger partial charge in [-0.05, 0) is 63.4 Å². The second-order valence-electron chi connectivity index (χ2n) is 10.6. The van der Waals surface area contributed by atoms with E-state index in [1.807, 2.05) is 0 Å². The van der Waals surface area contributed by atoms with E-state index in [9.17, 15) is 9.59 Å². The van der Waals surface area contributed by atoms with Crippen LogP contribution < -0.4 is 16.4 Å². The fourth-order valence-electron chi connectivity index (χ4n) is 4.37. The quantitative estimate of drug-likeness (QED) is 0.347. The van der Waals surface area contributed by atoms with Crippen LogP contribution >= 0.6 is 11.6 Å². The summed E-state index contributed by atoms with van der Waals surface area (Å²) >= 11 is 6.15. The van der Waals surface area contributed by atoms with E-state index in [0.29, 0.717) is 35.1 Å². The van der Waals surface area contributed by atoms with Gasteiger partial charge in [-0.25, -0.2) is 19.2 Å². The Balaban J connectivity index is 1.53. The molecule has 40 heavy (non-hydrogen) atoms. The molecule has 0 radical (unpaired) electrons. The van der Waals surface area contributed by atoms with Gasteiger partial charge in [0.1, 0.15) is 22.9 Å². The van der Waals surface area contributed by atoms with E-state index in [-0.39, 0.29) is 23.8 Å². The van der Waals surface area contributed by atoms with Crippen LogP contribution in [0.5, 0.6) is 0 Å². The molecule has 11 heteroatoms. The molecule has 212 valence electrons. The van der Waals surface area contributed by atoms with Gasteiger partial charge in [-0.2, -0.15) is 0 Å². The maximum Gasteiger partial charge on any atom is 0.407 e. The van der Waals surface area contributed by atoms with Crippen LogP contribution in [0.2, 0.25) is 5.02 Å². The van der Waals surface area contributed by atoms with E-state index in [4.69, 9.17) is 26.8 Å². The topological polar surface area (TPSA) is 128 Å². The Labute approximate surface area is 237 Å². The number of aromatic nitrogens is 2. The molecule has 1 fully saturated rings. The number of alkyl carbamates (subject to hydrolysis) is 1. The van der Waals surface area contributed by atoms with Gasteiger partial charge >= 0.3 is 6.09 Å². The van der Waals surface area contributed by atoms with Crippen molar-refractivity contribution >= 4 is 29.4 Å². The lowest BCUT2D eigenvalue weighted by molar-refractivity contribution is 0.0519. The zero-order chi connectivity index (χ0) is 28.9. The third-order valence-electron chi connectivity index (χ3n) is 6.35. The smallest absolute Gasteiger partial charge is 0.407 e. The lowest BCUT2D eigenvalue weighted by Crippen LogP contribution is -2.40. The van der Waals surface area contributed by atoms with Gasteiger partial charge in [-0.1, -0.05) is 29.8 Å². The number of rotatable bonds is 7. The molecule has 1 aromatic heterocycles. The number of carbonyl (C=O) groups is 2. The number of benzene rings is 2. The predicted octanol–water partition coefficient (Wildman–Crippen LogP) is 5.41. The first-order valence-corrected chi connectivity index (χ1v) is 13.4. The molecule has 9 nitrogen and oxygen atoms in total. The number of anilines is 1. The highest BCUT2D eigenvalue weighted by atomic mass is 35.5. The normalized spacial score (nSPS) is 14.8. The highest BCUT2D eigenvalue weighted by Crippen LogP contribution is 2.30. The lowest BCUT2D eigenvalue weighted by atomic mass is 9.96. The number of nitrogen functional groups attached to an aromatic ring is 1. The van der Waals surface area contributed by atoms with E-state index >= 15 is 4.39 Å². The summed E-state index contributed by atoms with van der Waals surface area (Å²) in [6.07, 6.45) is 2.64. The molecule has 0 spiro atoms. The van der Waals surface area contributed by atoms with E-state index in [1.54, 1.807) is 57.3 Å². The van der Waals surface area contributed by atoms with Crippen molar-refractivity contribution in [3.05, 3.63) is 76.3 Å². The number of nitrogens with one attached hydrogen (secondary N) is 2. The van der Waals surface area contributed by atoms with Gasteiger partial charge in [-0.15, -0.1) is 0 Å². The van der Waals surface area contributed by atoms with Crippen molar-refractivity contribution in [1.29, 1.82) is 0 Å². The second kappa shape index (κ2) is 12.6. The highest BCUT2D eigenvalue weighted by Gasteiger charge is 2.23. The zero-order valence-electron chi connectivity index (χ0n) is 22.7. The maximum absolute atomic E-state index is 15.3. The molecule has 0 aliphatic carbocycles. The van der Waals surface area contributed by atoms with Crippen molar-refractivity contribution < 1.29 is 23.5 Å². The molecule has 1 aliphatic heterocycles. The summed E-state index contributed by atoms with van der Waals surface area (Å²) in [5, 5.41) is 5.88. The molecule has 0 unspecified atom stereocenters. The number of hydrogen-bond acceptors (Lipinski definition) is 7. The fourth-order valence-corrected chi connectivity index (χ4v) is 4.57. The summed E-state index contributed by atoms with van der Waals surface area (Å²) < 4.78 is 26.0. The molecule has 4 rings (SSSR count). The minimum Gasteiger partial charge on any atom is -0.444 e. The summed E-state index contributed by atoms with van der Waals surface area (Å²) in [6.45, 7) is 6.52. The van der Waals surface area contributed by atoms with Crippen LogP contribution in [0.4, 0.5) is 15.0 Å². The summed E-state index contributed by atoms with van der Waals surface area (Å²) in [7, 11) is 0. The summed E-state index contributed by atoms with van der Waals surface area (Å²) in [6, 6.07) is 10.3. The van der Waals surface area contributed by atoms with Crippen LogP contribution in [0.15, 0.2) is 48.7 Å². The first-order chi connectivity index (χ1) is 19.0. The number of nitrogens with zero attached hydrogens (tertiary/aromatic N) is 2.